The lowest BCUT2D eigenvalue weighted by Gasteiger charge is -2.28. The van der Waals surface area contributed by atoms with Crippen molar-refractivity contribution in [1.29, 1.82) is 0 Å². The van der Waals surface area contributed by atoms with Crippen LogP contribution in [0.15, 0.2) is 42.9 Å². The molecule has 0 bridgehead atoms. The van der Waals surface area contributed by atoms with Crippen LogP contribution in [0.4, 0.5) is 29.6 Å². The van der Waals surface area contributed by atoms with E-state index in [4.69, 9.17) is 0 Å². The predicted molar refractivity (Wildman–Crippen MR) is 155 cm³/mol. The number of hydrogen-bond acceptors (Lipinski definition) is 6. The number of urea groups is 1. The van der Waals surface area contributed by atoms with Crippen LogP contribution in [0, 0.1) is 11.3 Å². The Bertz CT molecular complexity index is 1390. The summed E-state index contributed by atoms with van der Waals surface area (Å²) in [6.07, 6.45) is 3.43. The summed E-state index contributed by atoms with van der Waals surface area (Å²) in [5, 5.41) is 10.3. The molecule has 226 valence electrons. The minimum absolute atomic E-state index is 0.0000986. The number of hydrogen-bond donors (Lipinski definition) is 2. The van der Waals surface area contributed by atoms with Crippen molar-refractivity contribution in [3.8, 4) is 11.3 Å². The molecule has 12 heteroatoms. The minimum Gasteiger partial charge on any atom is -0.334 e. The van der Waals surface area contributed by atoms with Crippen molar-refractivity contribution in [2.75, 3.05) is 38.5 Å². The van der Waals surface area contributed by atoms with Crippen molar-refractivity contribution in [1.82, 2.24) is 34.9 Å². The Morgan fingerprint density at radius 3 is 2.52 bits per heavy atom. The van der Waals surface area contributed by atoms with E-state index in [0.717, 1.165) is 38.4 Å². The SMILES string of the molecule is CN1CCC(n2cc(Nc3nccc(-c4ccc(CNC(=O)N5CCC(C(C)(C)C)C5)c(C(F)(F)F)c4)n3)cn2)CC1. The van der Waals surface area contributed by atoms with Crippen molar-refractivity contribution in [3.05, 3.63) is 54.0 Å². The zero-order valence-electron chi connectivity index (χ0n) is 24.6. The Hall–Kier alpha value is -3.67. The number of rotatable bonds is 6. The first-order valence-corrected chi connectivity index (χ1v) is 14.4. The predicted octanol–water partition coefficient (Wildman–Crippen LogP) is 5.95. The molecule has 3 aromatic rings. The smallest absolute Gasteiger partial charge is 0.334 e. The fraction of sp³-hybridized carbons (Fsp3) is 0.533. The average molecular weight is 585 g/mol. The number of nitrogens with one attached hydrogen (secondary N) is 2. The fourth-order valence-electron chi connectivity index (χ4n) is 5.66. The monoisotopic (exact) mass is 584 g/mol. The summed E-state index contributed by atoms with van der Waals surface area (Å²) in [6, 6.07) is 5.63. The summed E-state index contributed by atoms with van der Waals surface area (Å²) in [7, 11) is 2.11. The number of anilines is 2. The van der Waals surface area contributed by atoms with Crippen LogP contribution in [0.2, 0.25) is 0 Å². The van der Waals surface area contributed by atoms with E-state index in [9.17, 15) is 18.0 Å². The number of piperidine rings is 1. The molecule has 0 spiro atoms. The third kappa shape index (κ3) is 7.03. The summed E-state index contributed by atoms with van der Waals surface area (Å²) in [6.45, 7) is 9.42. The van der Waals surface area contributed by atoms with E-state index in [1.807, 2.05) is 10.9 Å². The van der Waals surface area contributed by atoms with E-state index < -0.39 is 11.7 Å². The molecule has 4 heterocycles. The minimum atomic E-state index is -4.60. The van der Waals surface area contributed by atoms with Gasteiger partial charge in [0.2, 0.25) is 5.95 Å². The van der Waals surface area contributed by atoms with E-state index in [-0.39, 0.29) is 29.5 Å². The van der Waals surface area contributed by atoms with Gasteiger partial charge in [0.25, 0.3) is 0 Å². The molecule has 0 saturated carbocycles. The second-order valence-electron chi connectivity index (χ2n) is 12.5. The van der Waals surface area contributed by atoms with Gasteiger partial charge in [-0.3, -0.25) is 4.68 Å². The van der Waals surface area contributed by atoms with Crippen molar-refractivity contribution in [2.45, 2.75) is 58.8 Å². The second kappa shape index (κ2) is 11.9. The van der Waals surface area contributed by atoms with Crippen molar-refractivity contribution >= 4 is 17.7 Å². The molecule has 1 aromatic carbocycles. The first kappa shape index (κ1) is 29.8. The van der Waals surface area contributed by atoms with E-state index in [0.29, 0.717) is 42.0 Å². The van der Waals surface area contributed by atoms with E-state index in [1.165, 1.54) is 12.3 Å². The first-order chi connectivity index (χ1) is 19.9. The molecule has 0 radical (unpaired) electrons. The van der Waals surface area contributed by atoms with E-state index in [1.54, 1.807) is 23.2 Å². The molecule has 1 atom stereocenters. The van der Waals surface area contributed by atoms with Gasteiger partial charge in [-0.1, -0.05) is 32.9 Å². The van der Waals surface area contributed by atoms with Crippen LogP contribution in [-0.4, -0.2) is 68.8 Å². The standard InChI is InChI=1S/C30H39F3N8O/c1-29(2,3)22-8-14-40(18-22)28(42)35-16-21-6-5-20(15-25(21)30(31,32)33)26-7-11-34-27(38-26)37-23-17-36-41(19-23)24-9-12-39(4)13-10-24/h5-7,11,15,17,19,22,24H,8-10,12-14,16,18H2,1-4H3,(H,35,42)(H,34,37,38). The number of amides is 2. The number of benzene rings is 1. The summed E-state index contributed by atoms with van der Waals surface area (Å²) in [5.41, 5.74) is 0.625. The molecule has 2 N–H and O–H groups in total. The first-order valence-electron chi connectivity index (χ1n) is 14.4. The van der Waals surface area contributed by atoms with Crippen LogP contribution < -0.4 is 10.6 Å². The van der Waals surface area contributed by atoms with Gasteiger partial charge in [0.05, 0.1) is 29.2 Å². The molecule has 2 aliphatic rings. The van der Waals surface area contributed by atoms with Gasteiger partial charge >= 0.3 is 12.2 Å². The number of carbonyl (C=O) groups excluding carboxylic acids is 1. The number of likely N-dealkylation sites (tertiary alicyclic amines) is 2. The number of nitrogens with zero attached hydrogens (tertiary/aromatic N) is 6. The van der Waals surface area contributed by atoms with Gasteiger partial charge in [0.1, 0.15) is 0 Å². The molecule has 2 fully saturated rings. The molecule has 2 aromatic heterocycles. The van der Waals surface area contributed by atoms with Crippen LogP contribution in [0.1, 0.15) is 57.2 Å². The summed E-state index contributed by atoms with van der Waals surface area (Å²) in [5.74, 6) is 0.621. The topological polar surface area (TPSA) is 91.2 Å². The van der Waals surface area contributed by atoms with Crippen LogP contribution in [0.5, 0.6) is 0 Å². The molecular formula is C30H39F3N8O. The molecule has 42 heavy (non-hydrogen) atoms. The van der Waals surface area contributed by atoms with Crippen molar-refractivity contribution in [2.24, 2.45) is 11.3 Å². The van der Waals surface area contributed by atoms with Gasteiger partial charge in [-0.25, -0.2) is 14.8 Å². The molecule has 1 unspecified atom stereocenters. The van der Waals surface area contributed by atoms with Crippen LogP contribution in [0.3, 0.4) is 0 Å². The lowest BCUT2D eigenvalue weighted by molar-refractivity contribution is -0.138. The maximum atomic E-state index is 14.1. The summed E-state index contributed by atoms with van der Waals surface area (Å²) < 4.78 is 44.3. The number of aromatic nitrogens is 4. The molecule has 2 amide bonds. The maximum absolute atomic E-state index is 14.1. The Morgan fingerprint density at radius 2 is 1.83 bits per heavy atom. The molecular weight excluding hydrogens is 545 g/mol. The Labute approximate surface area is 244 Å². The third-order valence-corrected chi connectivity index (χ3v) is 8.42. The Balaban J connectivity index is 1.27. The molecule has 0 aliphatic carbocycles. The van der Waals surface area contributed by atoms with Crippen LogP contribution >= 0.6 is 0 Å². The largest absolute Gasteiger partial charge is 0.416 e. The number of halogens is 3. The maximum Gasteiger partial charge on any atom is 0.416 e. The third-order valence-electron chi connectivity index (χ3n) is 8.42. The average Bonchev–Trinajstić information content (AvgIpc) is 3.62. The molecule has 2 aliphatic heterocycles. The van der Waals surface area contributed by atoms with Gasteiger partial charge in [-0.05, 0) is 68.4 Å². The zero-order chi connectivity index (χ0) is 30.1. The number of alkyl halides is 3. The highest BCUT2D eigenvalue weighted by Gasteiger charge is 2.36. The highest BCUT2D eigenvalue weighted by atomic mass is 19.4. The summed E-state index contributed by atoms with van der Waals surface area (Å²) in [4.78, 5) is 25.4. The molecule has 2 saturated heterocycles. The Morgan fingerprint density at radius 1 is 1.07 bits per heavy atom. The van der Waals surface area contributed by atoms with E-state index >= 15 is 0 Å². The van der Waals surface area contributed by atoms with Crippen LogP contribution in [0.25, 0.3) is 11.3 Å². The highest BCUT2D eigenvalue weighted by Crippen LogP contribution is 2.36. The fourth-order valence-corrected chi connectivity index (χ4v) is 5.66. The normalized spacial score (nSPS) is 18.8. The number of carbonyl (C=O) groups is 1. The lowest BCUT2D eigenvalue weighted by atomic mass is 9.80. The highest BCUT2D eigenvalue weighted by molar-refractivity contribution is 5.74. The Kier molecular flexibility index (Phi) is 8.45. The van der Waals surface area contributed by atoms with Gasteiger partial charge in [0.15, 0.2) is 0 Å². The van der Waals surface area contributed by atoms with Gasteiger partial charge in [-0.2, -0.15) is 18.3 Å². The van der Waals surface area contributed by atoms with Crippen LogP contribution in [-0.2, 0) is 12.7 Å². The molecule has 5 rings (SSSR count). The second-order valence-corrected chi connectivity index (χ2v) is 12.5. The van der Waals surface area contributed by atoms with Crippen molar-refractivity contribution < 1.29 is 18.0 Å². The van der Waals surface area contributed by atoms with E-state index in [2.05, 4.69) is 58.4 Å². The van der Waals surface area contributed by atoms with Gasteiger partial charge < -0.3 is 20.4 Å². The molecule has 9 nitrogen and oxygen atoms in total. The van der Waals surface area contributed by atoms with Crippen molar-refractivity contribution in [3.63, 3.8) is 0 Å². The zero-order valence-corrected chi connectivity index (χ0v) is 24.6. The summed E-state index contributed by atoms with van der Waals surface area (Å²) >= 11 is 0. The van der Waals surface area contributed by atoms with Gasteiger partial charge in [0, 0.05) is 37.6 Å². The van der Waals surface area contributed by atoms with Gasteiger partial charge in [-0.15, -0.1) is 0 Å². The lowest BCUT2D eigenvalue weighted by Crippen LogP contribution is -2.39. The quantitative estimate of drug-likeness (QED) is 0.372.